The van der Waals surface area contributed by atoms with Crippen molar-refractivity contribution >= 4 is 5.91 Å². The lowest BCUT2D eigenvalue weighted by Gasteiger charge is -2.34. The summed E-state index contributed by atoms with van der Waals surface area (Å²) in [4.78, 5) is 16.2. The number of hydrogen-bond donors (Lipinski definition) is 2. The monoisotopic (exact) mass is 270 g/mol. The summed E-state index contributed by atoms with van der Waals surface area (Å²) in [6.45, 7) is 7.78. The van der Waals surface area contributed by atoms with E-state index in [1.807, 2.05) is 0 Å². The molecule has 19 heavy (non-hydrogen) atoms. The quantitative estimate of drug-likeness (QED) is 0.623. The van der Waals surface area contributed by atoms with Crippen LogP contribution in [-0.4, -0.2) is 61.5 Å². The van der Waals surface area contributed by atoms with E-state index in [1.54, 1.807) is 0 Å². The third-order valence-electron chi connectivity index (χ3n) is 3.74. The van der Waals surface area contributed by atoms with Gasteiger partial charge in [-0.1, -0.05) is 13.8 Å². The largest absolute Gasteiger partial charge is 0.368 e. The van der Waals surface area contributed by atoms with E-state index >= 15 is 0 Å². The molecule has 1 aliphatic carbocycles. The third kappa shape index (κ3) is 5.09. The van der Waals surface area contributed by atoms with E-state index in [-0.39, 0.29) is 11.8 Å². The van der Waals surface area contributed by atoms with Crippen molar-refractivity contribution < 1.29 is 4.79 Å². The number of rotatable bonds is 9. The Morgan fingerprint density at radius 2 is 1.89 bits per heavy atom. The number of carbonyl (C=O) groups excluding carboxylic acids is 1. The summed E-state index contributed by atoms with van der Waals surface area (Å²) in [7, 11) is 4.11. The number of nitrogens with zero attached hydrogens (tertiary/aromatic N) is 2. The van der Waals surface area contributed by atoms with Gasteiger partial charge in [-0.15, -0.1) is 0 Å². The second-order valence-corrected chi connectivity index (χ2v) is 6.61. The van der Waals surface area contributed by atoms with E-state index in [9.17, 15) is 4.79 Å². The summed E-state index contributed by atoms with van der Waals surface area (Å²) < 4.78 is 0. The first-order valence-corrected chi connectivity index (χ1v) is 7.21. The Morgan fingerprint density at radius 1 is 1.32 bits per heavy atom. The van der Waals surface area contributed by atoms with Crippen molar-refractivity contribution in [2.75, 3.05) is 40.3 Å². The van der Waals surface area contributed by atoms with Crippen molar-refractivity contribution in [2.24, 2.45) is 23.3 Å². The fourth-order valence-corrected chi connectivity index (χ4v) is 2.47. The Kier molecular flexibility index (Phi) is 5.77. The van der Waals surface area contributed by atoms with E-state index in [1.165, 1.54) is 0 Å². The molecule has 0 radical (unpaired) electrons. The van der Waals surface area contributed by atoms with Crippen molar-refractivity contribution in [1.82, 2.24) is 9.80 Å². The zero-order chi connectivity index (χ0) is 14.6. The molecule has 1 amide bonds. The van der Waals surface area contributed by atoms with E-state index < -0.39 is 5.54 Å². The van der Waals surface area contributed by atoms with Crippen molar-refractivity contribution in [1.29, 1.82) is 0 Å². The Labute approximate surface area is 117 Å². The second kappa shape index (κ2) is 6.68. The number of hydrogen-bond acceptors (Lipinski definition) is 4. The van der Waals surface area contributed by atoms with Gasteiger partial charge in [-0.2, -0.15) is 0 Å². The number of likely N-dealkylation sites (N-methyl/N-ethyl adjacent to an activating group) is 1. The number of carbonyl (C=O) groups is 1. The highest BCUT2D eigenvalue weighted by Gasteiger charge is 2.47. The maximum Gasteiger partial charge on any atom is 0.239 e. The second-order valence-electron chi connectivity index (χ2n) is 6.61. The first-order chi connectivity index (χ1) is 8.75. The topological polar surface area (TPSA) is 75.6 Å². The van der Waals surface area contributed by atoms with Gasteiger partial charge in [0.05, 0.1) is 0 Å². The van der Waals surface area contributed by atoms with Crippen LogP contribution in [-0.2, 0) is 4.79 Å². The van der Waals surface area contributed by atoms with Gasteiger partial charge < -0.3 is 16.4 Å². The standard InChI is InChI=1S/C14H30N4O/c1-11(2)9-18(8-7-17(3)4)10-14(16,13(15)19)12-5-6-12/h11-12H,5-10,16H2,1-4H3,(H2,15,19). The van der Waals surface area contributed by atoms with E-state index in [0.717, 1.165) is 32.5 Å². The van der Waals surface area contributed by atoms with Crippen molar-refractivity contribution in [3.05, 3.63) is 0 Å². The first kappa shape index (κ1) is 16.4. The lowest BCUT2D eigenvalue weighted by atomic mass is 9.92. The number of nitrogens with two attached hydrogens (primary N) is 2. The highest BCUT2D eigenvalue weighted by atomic mass is 16.1. The molecule has 1 saturated carbocycles. The molecule has 1 atom stereocenters. The van der Waals surface area contributed by atoms with Crippen LogP contribution in [0.25, 0.3) is 0 Å². The minimum Gasteiger partial charge on any atom is -0.368 e. The molecule has 0 bridgehead atoms. The summed E-state index contributed by atoms with van der Waals surface area (Å²) in [6, 6.07) is 0. The summed E-state index contributed by atoms with van der Waals surface area (Å²) in [5, 5.41) is 0. The third-order valence-corrected chi connectivity index (χ3v) is 3.74. The molecule has 0 aromatic heterocycles. The molecule has 5 heteroatoms. The van der Waals surface area contributed by atoms with Gasteiger partial charge >= 0.3 is 0 Å². The molecular formula is C14H30N4O. The van der Waals surface area contributed by atoms with Gasteiger partial charge in [-0.05, 0) is 38.8 Å². The lowest BCUT2D eigenvalue weighted by molar-refractivity contribution is -0.124. The van der Waals surface area contributed by atoms with Crippen LogP contribution in [0.15, 0.2) is 0 Å². The summed E-state index contributed by atoms with van der Waals surface area (Å²) in [6.07, 6.45) is 2.06. The van der Waals surface area contributed by atoms with Crippen LogP contribution in [0.1, 0.15) is 26.7 Å². The predicted molar refractivity (Wildman–Crippen MR) is 78.7 cm³/mol. The molecule has 0 saturated heterocycles. The molecule has 1 unspecified atom stereocenters. The van der Waals surface area contributed by atoms with Crippen LogP contribution in [0.5, 0.6) is 0 Å². The van der Waals surface area contributed by atoms with Gasteiger partial charge in [0.2, 0.25) is 5.91 Å². The average Bonchev–Trinajstić information content (AvgIpc) is 3.08. The van der Waals surface area contributed by atoms with Gasteiger partial charge in [-0.3, -0.25) is 9.69 Å². The number of amides is 1. The van der Waals surface area contributed by atoms with Gasteiger partial charge in [-0.25, -0.2) is 0 Å². The Hall–Kier alpha value is -0.650. The Morgan fingerprint density at radius 3 is 2.26 bits per heavy atom. The van der Waals surface area contributed by atoms with Crippen LogP contribution >= 0.6 is 0 Å². The number of primary amides is 1. The predicted octanol–water partition coefficient (Wildman–Crippen LogP) is 0.0988. The minimum atomic E-state index is -0.846. The zero-order valence-corrected chi connectivity index (χ0v) is 12.9. The maximum absolute atomic E-state index is 11.7. The van der Waals surface area contributed by atoms with Crippen LogP contribution in [0, 0.1) is 11.8 Å². The van der Waals surface area contributed by atoms with Crippen molar-refractivity contribution in [3.8, 4) is 0 Å². The SMILES string of the molecule is CC(C)CN(CCN(C)C)CC(N)(C(N)=O)C1CC1. The molecule has 1 rings (SSSR count). The van der Waals surface area contributed by atoms with E-state index in [2.05, 4.69) is 37.7 Å². The highest BCUT2D eigenvalue weighted by Crippen LogP contribution is 2.38. The normalized spacial score (nSPS) is 19.2. The van der Waals surface area contributed by atoms with Gasteiger partial charge in [0, 0.05) is 26.2 Å². The zero-order valence-electron chi connectivity index (χ0n) is 12.9. The van der Waals surface area contributed by atoms with E-state index in [0.29, 0.717) is 12.5 Å². The molecule has 1 fully saturated rings. The fraction of sp³-hybridized carbons (Fsp3) is 0.929. The Bertz CT molecular complexity index is 302. The average molecular weight is 270 g/mol. The summed E-state index contributed by atoms with van der Waals surface area (Å²) in [5.74, 6) is 0.478. The highest BCUT2D eigenvalue weighted by molar-refractivity contribution is 5.85. The van der Waals surface area contributed by atoms with Crippen molar-refractivity contribution in [2.45, 2.75) is 32.2 Å². The lowest BCUT2D eigenvalue weighted by Crippen LogP contribution is -2.61. The molecule has 0 heterocycles. The molecule has 112 valence electrons. The van der Waals surface area contributed by atoms with Crippen molar-refractivity contribution in [3.63, 3.8) is 0 Å². The smallest absolute Gasteiger partial charge is 0.239 e. The molecular weight excluding hydrogens is 240 g/mol. The molecule has 0 spiro atoms. The van der Waals surface area contributed by atoms with Crippen LogP contribution < -0.4 is 11.5 Å². The van der Waals surface area contributed by atoms with Crippen LogP contribution in [0.3, 0.4) is 0 Å². The molecule has 4 N–H and O–H groups in total. The first-order valence-electron chi connectivity index (χ1n) is 7.21. The fourth-order valence-electron chi connectivity index (χ4n) is 2.47. The van der Waals surface area contributed by atoms with Crippen LogP contribution in [0.4, 0.5) is 0 Å². The molecule has 5 nitrogen and oxygen atoms in total. The van der Waals surface area contributed by atoms with Gasteiger partial charge in [0.1, 0.15) is 5.54 Å². The Balaban J connectivity index is 2.65. The molecule has 1 aliphatic rings. The maximum atomic E-state index is 11.7. The van der Waals surface area contributed by atoms with Gasteiger partial charge in [0.15, 0.2) is 0 Å². The molecule has 0 aromatic rings. The summed E-state index contributed by atoms with van der Waals surface area (Å²) >= 11 is 0. The van der Waals surface area contributed by atoms with Gasteiger partial charge in [0.25, 0.3) is 0 Å². The van der Waals surface area contributed by atoms with E-state index in [4.69, 9.17) is 11.5 Å². The molecule has 0 aliphatic heterocycles. The molecule has 0 aromatic carbocycles. The summed E-state index contributed by atoms with van der Waals surface area (Å²) in [5.41, 5.74) is 11.0. The van der Waals surface area contributed by atoms with Crippen LogP contribution in [0.2, 0.25) is 0 Å². The minimum absolute atomic E-state index is 0.277.